The number of urea groups is 2. The van der Waals surface area contributed by atoms with Gasteiger partial charge in [0.2, 0.25) is 0 Å². The Labute approximate surface area is 195 Å². The van der Waals surface area contributed by atoms with Gasteiger partial charge in [0.1, 0.15) is 0 Å². The molecular weight excluding hydrogens is 436 g/mol. The maximum Gasteiger partial charge on any atom is 0.336 e. The molecule has 0 saturated heterocycles. The first-order chi connectivity index (χ1) is 16.2. The summed E-state index contributed by atoms with van der Waals surface area (Å²) < 4.78 is 0. The van der Waals surface area contributed by atoms with E-state index in [9.17, 15) is 9.59 Å². The normalized spacial score (nSPS) is 10.3. The summed E-state index contributed by atoms with van der Waals surface area (Å²) in [7, 11) is 0. The van der Waals surface area contributed by atoms with Crippen molar-refractivity contribution < 1.29 is 9.59 Å². The molecule has 12 heteroatoms. The van der Waals surface area contributed by atoms with Gasteiger partial charge in [0, 0.05) is 17.8 Å². The van der Waals surface area contributed by atoms with Crippen molar-refractivity contribution in [1.82, 2.24) is 9.97 Å². The standard InChI is InChI=1S/C22H24N10O2/c1-2-17-18(19(31(26)20(24)33)30-22(29-17)32(27)21(25)34)15-7-9-16(10-8-15)28-12-14-5-3-13(11-23)4-6-14/h3-10,28H,2,12,26-27H2,1H3,(H2,24,33)(H2,25,34). The lowest BCUT2D eigenvalue weighted by Gasteiger charge is -2.22. The number of rotatable bonds is 7. The number of nitrogens with two attached hydrogens (primary N) is 4. The Morgan fingerprint density at radius 2 is 1.59 bits per heavy atom. The highest BCUT2D eigenvalue weighted by atomic mass is 16.2. The van der Waals surface area contributed by atoms with E-state index in [4.69, 9.17) is 28.4 Å². The number of nitrogens with one attached hydrogen (secondary N) is 1. The molecule has 0 radical (unpaired) electrons. The Morgan fingerprint density at radius 3 is 2.12 bits per heavy atom. The number of hydrogen-bond acceptors (Lipinski definition) is 8. The average molecular weight is 461 g/mol. The number of aryl methyl sites for hydroxylation is 1. The summed E-state index contributed by atoms with van der Waals surface area (Å²) in [4.78, 5) is 31.8. The summed E-state index contributed by atoms with van der Waals surface area (Å²) in [5, 5.41) is 13.4. The molecule has 0 aliphatic rings. The predicted molar refractivity (Wildman–Crippen MR) is 128 cm³/mol. The molecule has 0 bridgehead atoms. The van der Waals surface area contributed by atoms with Crippen molar-refractivity contribution in [3.8, 4) is 17.2 Å². The first kappa shape index (κ1) is 23.9. The van der Waals surface area contributed by atoms with Crippen molar-refractivity contribution >= 4 is 29.5 Å². The second-order valence-electron chi connectivity index (χ2n) is 7.18. The van der Waals surface area contributed by atoms with Crippen LogP contribution in [0.5, 0.6) is 0 Å². The lowest BCUT2D eigenvalue weighted by molar-refractivity contribution is 0.253. The molecule has 174 valence electrons. The molecule has 0 atom stereocenters. The molecule has 3 rings (SSSR count). The highest BCUT2D eigenvalue weighted by Crippen LogP contribution is 2.33. The molecule has 4 amide bonds. The number of carbonyl (C=O) groups is 2. The number of benzene rings is 2. The second kappa shape index (κ2) is 10.3. The van der Waals surface area contributed by atoms with Crippen molar-refractivity contribution in [2.75, 3.05) is 15.3 Å². The van der Waals surface area contributed by atoms with Gasteiger partial charge in [0.25, 0.3) is 5.95 Å². The van der Waals surface area contributed by atoms with Crippen LogP contribution in [0.4, 0.5) is 27.0 Å². The molecule has 9 N–H and O–H groups in total. The van der Waals surface area contributed by atoms with Gasteiger partial charge in [-0.2, -0.15) is 15.3 Å². The summed E-state index contributed by atoms with van der Waals surface area (Å²) in [5.41, 5.74) is 14.7. The monoisotopic (exact) mass is 460 g/mol. The highest BCUT2D eigenvalue weighted by molar-refractivity contribution is 5.95. The number of primary amides is 2. The van der Waals surface area contributed by atoms with E-state index < -0.39 is 12.1 Å². The van der Waals surface area contributed by atoms with Crippen LogP contribution in [0.1, 0.15) is 23.7 Å². The Balaban J connectivity index is 1.94. The third-order valence-corrected chi connectivity index (χ3v) is 4.96. The Morgan fingerprint density at radius 1 is 0.971 bits per heavy atom. The van der Waals surface area contributed by atoms with E-state index in [1.54, 1.807) is 12.1 Å². The lowest BCUT2D eigenvalue weighted by atomic mass is 10.0. The minimum absolute atomic E-state index is 0.0238. The molecule has 0 aliphatic heterocycles. The van der Waals surface area contributed by atoms with E-state index in [0.717, 1.165) is 11.3 Å². The number of nitriles is 1. The van der Waals surface area contributed by atoms with E-state index in [2.05, 4.69) is 21.4 Å². The van der Waals surface area contributed by atoms with Crippen molar-refractivity contribution in [3.05, 3.63) is 65.4 Å². The maximum absolute atomic E-state index is 11.8. The Hall–Kier alpha value is -4.73. The smallest absolute Gasteiger partial charge is 0.336 e. The number of hydrazine groups is 2. The number of hydrogen-bond donors (Lipinski definition) is 5. The van der Waals surface area contributed by atoms with Gasteiger partial charge in [-0.1, -0.05) is 31.2 Å². The fourth-order valence-corrected chi connectivity index (χ4v) is 3.17. The zero-order valence-electron chi connectivity index (χ0n) is 18.4. The fourth-order valence-electron chi connectivity index (χ4n) is 3.17. The van der Waals surface area contributed by atoms with E-state index in [0.29, 0.717) is 45.4 Å². The third-order valence-electron chi connectivity index (χ3n) is 4.96. The fraction of sp³-hybridized carbons (Fsp3) is 0.136. The summed E-state index contributed by atoms with van der Waals surface area (Å²) in [6, 6.07) is 14.7. The molecule has 0 unspecified atom stereocenters. The van der Waals surface area contributed by atoms with Crippen molar-refractivity contribution in [2.24, 2.45) is 23.2 Å². The van der Waals surface area contributed by atoms with Crippen LogP contribution in [-0.2, 0) is 13.0 Å². The number of carbonyl (C=O) groups excluding carboxylic acids is 2. The van der Waals surface area contributed by atoms with E-state index in [1.165, 1.54) is 0 Å². The van der Waals surface area contributed by atoms with Crippen LogP contribution in [-0.4, -0.2) is 22.0 Å². The molecule has 1 aromatic heterocycles. The van der Waals surface area contributed by atoms with E-state index >= 15 is 0 Å². The van der Waals surface area contributed by atoms with Gasteiger partial charge in [0.05, 0.1) is 17.3 Å². The molecule has 1 heterocycles. The van der Waals surface area contributed by atoms with Crippen LogP contribution in [0, 0.1) is 11.3 Å². The number of aromatic nitrogens is 2. The van der Waals surface area contributed by atoms with Crippen LogP contribution >= 0.6 is 0 Å². The van der Waals surface area contributed by atoms with Crippen LogP contribution in [0.3, 0.4) is 0 Å². The number of amides is 4. The van der Waals surface area contributed by atoms with Gasteiger partial charge in [-0.05, 0) is 41.8 Å². The van der Waals surface area contributed by atoms with Crippen molar-refractivity contribution in [1.29, 1.82) is 5.26 Å². The first-order valence-electron chi connectivity index (χ1n) is 10.2. The molecule has 12 nitrogen and oxygen atoms in total. The molecule has 0 fully saturated rings. The highest BCUT2D eigenvalue weighted by Gasteiger charge is 2.24. The topological polar surface area (TPSA) is 206 Å². The first-order valence-corrected chi connectivity index (χ1v) is 10.2. The second-order valence-corrected chi connectivity index (χ2v) is 7.18. The largest absolute Gasteiger partial charge is 0.381 e. The minimum Gasteiger partial charge on any atom is -0.381 e. The number of anilines is 3. The quantitative estimate of drug-likeness (QED) is 0.199. The van der Waals surface area contributed by atoms with Crippen molar-refractivity contribution in [2.45, 2.75) is 19.9 Å². The Kier molecular flexibility index (Phi) is 7.22. The third kappa shape index (κ3) is 5.18. The van der Waals surface area contributed by atoms with Gasteiger partial charge in [-0.3, -0.25) is 0 Å². The lowest BCUT2D eigenvalue weighted by Crippen LogP contribution is -2.45. The van der Waals surface area contributed by atoms with Crippen LogP contribution in [0.15, 0.2) is 48.5 Å². The summed E-state index contributed by atoms with van der Waals surface area (Å²) >= 11 is 0. The minimum atomic E-state index is -0.985. The van der Waals surface area contributed by atoms with Crippen LogP contribution in [0.25, 0.3) is 11.1 Å². The summed E-state index contributed by atoms with van der Waals surface area (Å²) in [5.74, 6) is 11.3. The zero-order chi connectivity index (χ0) is 24.8. The molecule has 2 aromatic carbocycles. The van der Waals surface area contributed by atoms with Crippen molar-refractivity contribution in [3.63, 3.8) is 0 Å². The predicted octanol–water partition coefficient (Wildman–Crippen LogP) is 1.71. The van der Waals surface area contributed by atoms with Gasteiger partial charge < -0.3 is 16.8 Å². The molecule has 0 saturated carbocycles. The van der Waals surface area contributed by atoms with E-state index in [1.807, 2.05) is 43.3 Å². The summed E-state index contributed by atoms with van der Waals surface area (Å²) in [6.45, 7) is 2.40. The van der Waals surface area contributed by atoms with E-state index in [-0.39, 0.29) is 11.8 Å². The van der Waals surface area contributed by atoms with Gasteiger partial charge in [-0.15, -0.1) is 0 Å². The van der Waals surface area contributed by atoms with Crippen LogP contribution < -0.4 is 38.5 Å². The molecule has 3 aromatic rings. The zero-order valence-corrected chi connectivity index (χ0v) is 18.4. The number of nitrogens with zero attached hydrogens (tertiary/aromatic N) is 5. The van der Waals surface area contributed by atoms with Gasteiger partial charge >= 0.3 is 12.1 Å². The molecular formula is C22H24N10O2. The van der Waals surface area contributed by atoms with Crippen LogP contribution in [0.2, 0.25) is 0 Å². The SMILES string of the molecule is CCc1nc(N(N)C(N)=O)nc(N(N)C(N)=O)c1-c1ccc(NCc2ccc(C#N)cc2)cc1. The van der Waals surface area contributed by atoms with Gasteiger partial charge in [0.15, 0.2) is 5.82 Å². The molecule has 34 heavy (non-hydrogen) atoms. The molecule has 0 aliphatic carbocycles. The maximum atomic E-state index is 11.8. The van der Waals surface area contributed by atoms with Gasteiger partial charge in [-0.25, -0.2) is 31.3 Å². The Bertz CT molecular complexity index is 1240. The molecule has 0 spiro atoms. The summed E-state index contributed by atoms with van der Waals surface area (Å²) in [6.07, 6.45) is 0.412. The average Bonchev–Trinajstić information content (AvgIpc) is 2.86.